The van der Waals surface area contributed by atoms with Crippen molar-refractivity contribution in [2.45, 2.75) is 0 Å². The fraction of sp³-hybridized carbons (Fsp3) is 0. The van der Waals surface area contributed by atoms with Crippen LogP contribution in [0, 0.1) is 0 Å². The molecule has 70 valence electrons. The first-order valence-corrected chi connectivity index (χ1v) is 4.14. The lowest BCUT2D eigenvalue weighted by molar-refractivity contribution is 0.824. The lowest BCUT2D eigenvalue weighted by atomic mass is 9.94. The molecule has 0 aromatic heterocycles. The van der Waals surface area contributed by atoms with Crippen molar-refractivity contribution in [3.05, 3.63) is 66.2 Å². The molecule has 0 bridgehead atoms. The maximum Gasteiger partial charge on any atom is 0.113 e. The van der Waals surface area contributed by atoms with E-state index in [1.807, 2.05) is 42.5 Å². The highest BCUT2D eigenvalue weighted by Gasteiger charge is 1.82. The van der Waals surface area contributed by atoms with E-state index in [-0.39, 0.29) is 5.48 Å². The van der Waals surface area contributed by atoms with Crippen LogP contribution in [0.25, 0.3) is 6.08 Å². The molecule has 0 aliphatic carbocycles. The zero-order valence-electron chi connectivity index (χ0n) is 7.98. The minimum atomic E-state index is 0. The average molecular weight is 184 g/mol. The van der Waals surface area contributed by atoms with Gasteiger partial charge in [0.25, 0.3) is 0 Å². The Morgan fingerprint density at radius 3 is 2.43 bits per heavy atom. The van der Waals surface area contributed by atoms with Crippen molar-refractivity contribution in [3.63, 3.8) is 0 Å². The van der Waals surface area contributed by atoms with Gasteiger partial charge in [-0.1, -0.05) is 66.7 Å². The fourth-order valence-electron chi connectivity index (χ4n) is 0.948. The summed E-state index contributed by atoms with van der Waals surface area (Å²) in [7, 11) is 5.64. The molecule has 1 aromatic carbocycles. The zero-order chi connectivity index (χ0) is 9.52. The van der Waals surface area contributed by atoms with Gasteiger partial charge in [0, 0.05) is 0 Å². The summed E-state index contributed by atoms with van der Waals surface area (Å²) in [6.07, 6.45) is 7.26. The largest absolute Gasteiger partial charge is 0.412 e. The summed E-state index contributed by atoms with van der Waals surface area (Å²) >= 11 is 0. The summed E-state index contributed by atoms with van der Waals surface area (Å²) < 4.78 is 0. The van der Waals surface area contributed by atoms with Crippen molar-refractivity contribution in [1.82, 2.24) is 0 Å². The average Bonchev–Trinajstić information content (AvgIpc) is 2.17. The Bertz CT molecular complexity index is 325. The lowest BCUT2D eigenvalue weighted by Gasteiger charge is -1.91. The van der Waals surface area contributed by atoms with Gasteiger partial charge in [-0.05, 0) is 5.56 Å². The van der Waals surface area contributed by atoms with E-state index in [0.717, 1.165) is 5.56 Å². The first-order chi connectivity index (χ1) is 6.33. The molecule has 0 fully saturated rings. The van der Waals surface area contributed by atoms with Crippen molar-refractivity contribution in [1.29, 1.82) is 0 Å². The molecule has 0 saturated carbocycles. The monoisotopic (exact) mass is 184 g/mol. The quantitative estimate of drug-likeness (QED) is 0.509. The van der Waals surface area contributed by atoms with E-state index in [1.165, 1.54) is 0 Å². The van der Waals surface area contributed by atoms with Crippen LogP contribution < -0.4 is 0 Å². The second-order valence-corrected chi connectivity index (χ2v) is 2.65. The molecule has 2 radical (unpaired) electrons. The van der Waals surface area contributed by atoms with Crippen LogP contribution in [-0.2, 0) is 0 Å². The molecule has 2 N–H and O–H groups in total. The van der Waals surface area contributed by atoms with Crippen molar-refractivity contribution in [2.24, 2.45) is 0 Å². The molecule has 1 rings (SSSR count). The fourth-order valence-corrected chi connectivity index (χ4v) is 0.948. The Hall–Kier alpha value is -1.54. The molecule has 1 nitrogen and oxygen atoms in total. The highest BCUT2D eigenvalue weighted by Crippen LogP contribution is 2.02. The van der Waals surface area contributed by atoms with Gasteiger partial charge in [-0.15, -0.1) is 0 Å². The van der Waals surface area contributed by atoms with Gasteiger partial charge in [-0.2, -0.15) is 0 Å². The van der Waals surface area contributed by atoms with Crippen LogP contribution in [0.15, 0.2) is 60.6 Å². The first kappa shape index (κ1) is 12.5. The molecular formula is C12H13BO. The maximum atomic E-state index is 5.64. The third-order valence-corrected chi connectivity index (χ3v) is 1.58. The molecular weight excluding hydrogens is 171 g/mol. The summed E-state index contributed by atoms with van der Waals surface area (Å²) in [5.41, 5.74) is 1.85. The van der Waals surface area contributed by atoms with Gasteiger partial charge in [0.15, 0.2) is 0 Å². The number of rotatable bonds is 3. The van der Waals surface area contributed by atoms with Crippen LogP contribution in [-0.4, -0.2) is 13.3 Å². The van der Waals surface area contributed by atoms with Gasteiger partial charge in [0.1, 0.15) is 7.85 Å². The Morgan fingerprint density at radius 2 is 1.86 bits per heavy atom. The van der Waals surface area contributed by atoms with Crippen LogP contribution in [0.2, 0.25) is 0 Å². The van der Waals surface area contributed by atoms with Crippen LogP contribution in [0.4, 0.5) is 0 Å². The van der Waals surface area contributed by atoms with Gasteiger partial charge >= 0.3 is 0 Å². The van der Waals surface area contributed by atoms with Crippen LogP contribution >= 0.6 is 0 Å². The Balaban J connectivity index is 0.00000169. The van der Waals surface area contributed by atoms with E-state index in [9.17, 15) is 0 Å². The molecule has 0 amide bonds. The van der Waals surface area contributed by atoms with Gasteiger partial charge < -0.3 is 5.48 Å². The number of allylic oxidation sites excluding steroid dienone is 4. The van der Waals surface area contributed by atoms with Crippen molar-refractivity contribution in [2.75, 3.05) is 0 Å². The molecule has 1 aromatic rings. The SMILES string of the molecule is O.[B]C(=C/C=C)/C=C/c1ccccc1. The predicted octanol–water partition coefficient (Wildman–Crippen LogP) is 2.11. The molecule has 0 unspecified atom stereocenters. The molecule has 14 heavy (non-hydrogen) atoms. The van der Waals surface area contributed by atoms with Crippen molar-refractivity contribution >= 4 is 13.9 Å². The van der Waals surface area contributed by atoms with Crippen molar-refractivity contribution < 1.29 is 5.48 Å². The summed E-state index contributed by atoms with van der Waals surface area (Å²) in [5, 5.41) is 0. The molecule has 0 aliphatic heterocycles. The Kier molecular flexibility index (Phi) is 6.17. The molecule has 0 atom stereocenters. The maximum absolute atomic E-state index is 5.64. The van der Waals surface area contributed by atoms with Gasteiger partial charge in [-0.3, -0.25) is 0 Å². The molecule has 0 spiro atoms. The van der Waals surface area contributed by atoms with Crippen molar-refractivity contribution in [3.8, 4) is 0 Å². The highest BCUT2D eigenvalue weighted by atomic mass is 16.0. The molecule has 0 aliphatic rings. The van der Waals surface area contributed by atoms with Crippen LogP contribution in [0.3, 0.4) is 0 Å². The number of hydrogen-bond donors (Lipinski definition) is 0. The van der Waals surface area contributed by atoms with Gasteiger partial charge in [0.2, 0.25) is 0 Å². The smallest absolute Gasteiger partial charge is 0.113 e. The lowest BCUT2D eigenvalue weighted by Crippen LogP contribution is -1.74. The molecule has 2 heteroatoms. The second-order valence-electron chi connectivity index (χ2n) is 2.65. The van der Waals surface area contributed by atoms with Crippen LogP contribution in [0.1, 0.15) is 5.56 Å². The van der Waals surface area contributed by atoms with E-state index in [1.54, 1.807) is 12.2 Å². The number of hydrogen-bond acceptors (Lipinski definition) is 0. The van der Waals surface area contributed by atoms with E-state index in [2.05, 4.69) is 6.58 Å². The second kappa shape index (κ2) is 6.93. The third kappa shape index (κ3) is 4.48. The normalized spacial score (nSPS) is 11.0. The topological polar surface area (TPSA) is 31.5 Å². The van der Waals surface area contributed by atoms with E-state index >= 15 is 0 Å². The predicted molar refractivity (Wildman–Crippen MR) is 63.1 cm³/mol. The molecule has 0 heterocycles. The van der Waals surface area contributed by atoms with E-state index in [0.29, 0.717) is 5.47 Å². The summed E-state index contributed by atoms with van der Waals surface area (Å²) in [6, 6.07) is 10.0. The highest BCUT2D eigenvalue weighted by molar-refractivity contribution is 6.23. The Labute approximate surface area is 86.2 Å². The minimum absolute atomic E-state index is 0. The zero-order valence-corrected chi connectivity index (χ0v) is 7.98. The van der Waals surface area contributed by atoms with E-state index in [4.69, 9.17) is 7.85 Å². The first-order valence-electron chi connectivity index (χ1n) is 4.14. The van der Waals surface area contributed by atoms with Gasteiger partial charge in [-0.25, -0.2) is 0 Å². The minimum Gasteiger partial charge on any atom is -0.412 e. The van der Waals surface area contributed by atoms with E-state index < -0.39 is 0 Å². The standard InChI is InChI=1S/C12H11B.H2O/c1-2-6-12(13)10-9-11-7-4-3-5-8-11;/h2-10H,1H2;1H2/b10-9+,12-6+;. The molecule has 0 saturated heterocycles. The van der Waals surface area contributed by atoms with Crippen LogP contribution in [0.5, 0.6) is 0 Å². The van der Waals surface area contributed by atoms with Gasteiger partial charge in [0.05, 0.1) is 0 Å². The summed E-state index contributed by atoms with van der Waals surface area (Å²) in [5.74, 6) is 0. The third-order valence-electron chi connectivity index (χ3n) is 1.58. The summed E-state index contributed by atoms with van der Waals surface area (Å²) in [6.45, 7) is 3.57. The summed E-state index contributed by atoms with van der Waals surface area (Å²) in [4.78, 5) is 0. The Morgan fingerprint density at radius 1 is 1.21 bits per heavy atom. The number of benzene rings is 1.